The van der Waals surface area contributed by atoms with Crippen LogP contribution in [-0.2, 0) is 11.2 Å². The van der Waals surface area contributed by atoms with Gasteiger partial charge in [-0.2, -0.15) is 0 Å². The van der Waals surface area contributed by atoms with E-state index in [1.165, 1.54) is 16.7 Å². The molecular formula is C5H4N2O2S2. The minimum absolute atomic E-state index is 0.0825. The second-order valence-corrected chi connectivity index (χ2v) is 3.05. The molecule has 11 heavy (non-hydrogen) atoms. The maximum absolute atomic E-state index is 10.2. The van der Waals surface area contributed by atoms with Gasteiger partial charge < -0.3 is 5.11 Å². The lowest BCUT2D eigenvalue weighted by Gasteiger charge is -1.82. The molecular weight excluding hydrogens is 184 g/mol. The number of hydrogen-bond acceptors (Lipinski definition) is 5. The Balaban J connectivity index is 2.72. The zero-order valence-corrected chi connectivity index (χ0v) is 6.98. The van der Waals surface area contributed by atoms with Gasteiger partial charge in [0.05, 0.1) is 6.42 Å². The highest BCUT2D eigenvalue weighted by Gasteiger charge is 2.05. The molecule has 1 rings (SSSR count). The zero-order chi connectivity index (χ0) is 8.27. The van der Waals surface area contributed by atoms with Crippen molar-refractivity contribution in [2.24, 2.45) is 0 Å². The van der Waals surface area contributed by atoms with Crippen molar-refractivity contribution in [1.82, 2.24) is 10.2 Å². The molecule has 1 aromatic heterocycles. The Labute approximate surface area is 71.9 Å². The topological polar surface area (TPSA) is 63.1 Å². The fourth-order valence-corrected chi connectivity index (χ4v) is 1.35. The van der Waals surface area contributed by atoms with Crippen molar-refractivity contribution in [2.75, 3.05) is 0 Å². The summed E-state index contributed by atoms with van der Waals surface area (Å²) in [6.07, 6.45) is -0.0825. The fraction of sp³-hybridized carbons (Fsp3) is 0.200. The molecule has 0 fully saturated rings. The Hall–Kier alpha value is -0.880. The molecule has 0 saturated heterocycles. The summed E-state index contributed by atoms with van der Waals surface area (Å²) < 4.78 is 0. The van der Waals surface area contributed by atoms with E-state index in [0.29, 0.717) is 10.0 Å². The zero-order valence-electron chi connectivity index (χ0n) is 5.35. The molecule has 58 valence electrons. The number of rotatable bonds is 3. The van der Waals surface area contributed by atoms with Gasteiger partial charge in [-0.15, -0.1) is 10.2 Å². The molecule has 0 atom stereocenters. The summed E-state index contributed by atoms with van der Waals surface area (Å²) in [4.78, 5) is 10.2. The molecule has 0 unspecified atom stereocenters. The lowest BCUT2D eigenvalue weighted by Crippen LogP contribution is -1.98. The van der Waals surface area contributed by atoms with E-state index in [4.69, 9.17) is 5.11 Å². The van der Waals surface area contributed by atoms with Crippen LogP contribution in [0.25, 0.3) is 0 Å². The third kappa shape index (κ3) is 2.32. The van der Waals surface area contributed by atoms with E-state index < -0.39 is 5.97 Å². The number of hydrogen-bond donors (Lipinski definition) is 1. The number of carboxylic acid groups (broad SMARTS) is 1. The van der Waals surface area contributed by atoms with Gasteiger partial charge in [0.1, 0.15) is 5.01 Å². The van der Waals surface area contributed by atoms with Crippen molar-refractivity contribution in [3.8, 4) is 0 Å². The van der Waals surface area contributed by atoms with Crippen LogP contribution >= 0.6 is 23.6 Å². The number of thiocarbonyl (C=S) groups is 1. The first-order chi connectivity index (χ1) is 5.22. The van der Waals surface area contributed by atoms with Crippen molar-refractivity contribution >= 4 is 34.9 Å². The van der Waals surface area contributed by atoms with Gasteiger partial charge in [-0.25, -0.2) is 0 Å². The van der Waals surface area contributed by atoms with Crippen molar-refractivity contribution in [3.63, 3.8) is 0 Å². The van der Waals surface area contributed by atoms with Gasteiger partial charge >= 0.3 is 5.97 Å². The Bertz CT molecular complexity index is 284. The molecule has 0 bridgehead atoms. The smallest absolute Gasteiger partial charge is 0.310 e. The Morgan fingerprint density at radius 1 is 1.73 bits per heavy atom. The summed E-state index contributed by atoms with van der Waals surface area (Å²) in [5, 5.41) is 18.0. The van der Waals surface area contributed by atoms with E-state index in [0.717, 1.165) is 0 Å². The first-order valence-electron chi connectivity index (χ1n) is 2.71. The summed E-state index contributed by atoms with van der Waals surface area (Å²) in [6, 6.07) is 0. The molecule has 0 aliphatic carbocycles. The van der Waals surface area contributed by atoms with Crippen LogP contribution in [0.2, 0.25) is 0 Å². The molecule has 1 N–H and O–H groups in total. The number of carboxylic acids is 1. The molecule has 6 heteroatoms. The van der Waals surface area contributed by atoms with Gasteiger partial charge in [0.25, 0.3) is 0 Å². The molecule has 0 aliphatic rings. The lowest BCUT2D eigenvalue weighted by atomic mass is 10.5. The summed E-state index contributed by atoms with van der Waals surface area (Å²) in [6.45, 7) is 0. The van der Waals surface area contributed by atoms with Crippen molar-refractivity contribution < 1.29 is 9.90 Å². The maximum Gasteiger partial charge on any atom is 0.310 e. The van der Waals surface area contributed by atoms with Crippen LogP contribution < -0.4 is 0 Å². The van der Waals surface area contributed by atoms with Gasteiger partial charge in [0.2, 0.25) is 0 Å². The first-order valence-corrected chi connectivity index (χ1v) is 4.00. The average molecular weight is 188 g/mol. The van der Waals surface area contributed by atoms with Gasteiger partial charge in [-0.05, 0) is 0 Å². The SMILES string of the molecule is O=C(O)Cc1nnc(C=S)s1. The molecule has 0 spiro atoms. The van der Waals surface area contributed by atoms with Crippen molar-refractivity contribution in [2.45, 2.75) is 6.42 Å². The van der Waals surface area contributed by atoms with Crippen LogP contribution in [0.5, 0.6) is 0 Å². The van der Waals surface area contributed by atoms with E-state index in [2.05, 4.69) is 22.4 Å². The van der Waals surface area contributed by atoms with Crippen LogP contribution in [0.3, 0.4) is 0 Å². The van der Waals surface area contributed by atoms with Crippen molar-refractivity contribution in [3.05, 3.63) is 10.0 Å². The highest BCUT2D eigenvalue weighted by molar-refractivity contribution is 7.79. The van der Waals surface area contributed by atoms with E-state index in [1.54, 1.807) is 0 Å². The second kappa shape index (κ2) is 3.49. The van der Waals surface area contributed by atoms with E-state index >= 15 is 0 Å². The quantitative estimate of drug-likeness (QED) is 0.700. The number of aromatic nitrogens is 2. The minimum atomic E-state index is -0.905. The maximum atomic E-state index is 10.2. The molecule has 1 aromatic rings. The van der Waals surface area contributed by atoms with Crippen LogP contribution in [0.15, 0.2) is 0 Å². The molecule has 1 heterocycles. The van der Waals surface area contributed by atoms with Gasteiger partial charge in [-0.1, -0.05) is 23.6 Å². The first kappa shape index (κ1) is 8.22. The van der Waals surface area contributed by atoms with E-state index in [1.807, 2.05) is 0 Å². The lowest BCUT2D eigenvalue weighted by molar-refractivity contribution is -0.136. The predicted molar refractivity (Wildman–Crippen MR) is 44.0 cm³/mol. The van der Waals surface area contributed by atoms with Gasteiger partial charge in [0, 0.05) is 5.37 Å². The molecule has 0 amide bonds. The fourth-order valence-electron chi connectivity index (χ4n) is 0.515. The second-order valence-electron chi connectivity index (χ2n) is 1.72. The third-order valence-electron chi connectivity index (χ3n) is 0.886. The minimum Gasteiger partial charge on any atom is -0.481 e. The predicted octanol–water partition coefficient (Wildman–Crippen LogP) is 0.513. The summed E-state index contributed by atoms with van der Waals surface area (Å²) in [5.41, 5.74) is 0. The van der Waals surface area contributed by atoms with Gasteiger partial charge in [-0.3, -0.25) is 4.79 Å². The molecule has 4 nitrogen and oxygen atoms in total. The van der Waals surface area contributed by atoms with Crippen LogP contribution in [0.1, 0.15) is 10.0 Å². The van der Waals surface area contributed by atoms with Crippen molar-refractivity contribution in [1.29, 1.82) is 0 Å². The Kier molecular flexibility index (Phi) is 2.61. The van der Waals surface area contributed by atoms with E-state index in [-0.39, 0.29) is 6.42 Å². The molecule has 0 radical (unpaired) electrons. The molecule has 0 aliphatic heterocycles. The molecule has 0 aromatic carbocycles. The van der Waals surface area contributed by atoms with Crippen LogP contribution in [0.4, 0.5) is 0 Å². The third-order valence-corrected chi connectivity index (χ3v) is 2.13. The normalized spacial score (nSPS) is 9.45. The van der Waals surface area contributed by atoms with Crippen LogP contribution in [-0.4, -0.2) is 26.6 Å². The monoisotopic (exact) mass is 188 g/mol. The Morgan fingerprint density at radius 3 is 2.91 bits per heavy atom. The number of carbonyl (C=O) groups is 1. The number of nitrogens with zero attached hydrogens (tertiary/aromatic N) is 2. The standard InChI is InChI=1S/C5H4N2O2S2/c8-5(9)1-3-6-7-4(2-10)11-3/h2H,1H2,(H,8,9). The number of aliphatic carboxylic acids is 1. The summed E-state index contributed by atoms with van der Waals surface area (Å²) in [5.74, 6) is -0.905. The molecule has 0 saturated carbocycles. The summed E-state index contributed by atoms with van der Waals surface area (Å²) >= 11 is 5.78. The highest BCUT2D eigenvalue weighted by atomic mass is 32.1. The van der Waals surface area contributed by atoms with Gasteiger partial charge in [0.15, 0.2) is 5.01 Å². The Morgan fingerprint density at radius 2 is 2.45 bits per heavy atom. The van der Waals surface area contributed by atoms with Crippen LogP contribution in [0, 0.1) is 0 Å². The largest absolute Gasteiger partial charge is 0.481 e. The summed E-state index contributed by atoms with van der Waals surface area (Å²) in [7, 11) is 0. The average Bonchev–Trinajstić information content (AvgIpc) is 2.34. The highest BCUT2D eigenvalue weighted by Crippen LogP contribution is 2.07. The van der Waals surface area contributed by atoms with E-state index in [9.17, 15) is 4.79 Å².